The molecule has 0 spiro atoms. The number of piperidine rings is 1. The molecule has 0 atom stereocenters. The van der Waals surface area contributed by atoms with Gasteiger partial charge in [0, 0.05) is 44.5 Å². The fourth-order valence-corrected chi connectivity index (χ4v) is 3.47. The quantitative estimate of drug-likeness (QED) is 0.703. The Morgan fingerprint density at radius 3 is 2.60 bits per heavy atom. The lowest BCUT2D eigenvalue weighted by molar-refractivity contribution is 0.578. The van der Waals surface area contributed by atoms with Crippen LogP contribution in [-0.4, -0.2) is 34.2 Å². The summed E-state index contributed by atoms with van der Waals surface area (Å²) in [5.41, 5.74) is 3.59. The van der Waals surface area contributed by atoms with E-state index in [4.69, 9.17) is 0 Å². The monoisotopic (exact) mass is 335 g/mol. The maximum Gasteiger partial charge on any atom is 0.160 e. The number of fused-ring (bicyclic) bond motifs is 1. The molecule has 1 N–H and O–H groups in total. The number of hydrogen-bond donors (Lipinski definition) is 1. The summed E-state index contributed by atoms with van der Waals surface area (Å²) in [5.74, 6) is 1.00. The van der Waals surface area contributed by atoms with E-state index >= 15 is 0 Å². The Bertz CT molecular complexity index is 802. The van der Waals surface area contributed by atoms with Crippen molar-refractivity contribution in [2.24, 2.45) is 0 Å². The van der Waals surface area contributed by atoms with Crippen molar-refractivity contribution < 1.29 is 0 Å². The van der Waals surface area contributed by atoms with Gasteiger partial charge in [0.2, 0.25) is 0 Å². The molecule has 25 heavy (non-hydrogen) atoms. The molecule has 4 rings (SSSR count). The fraction of sp³-hybridized carbons (Fsp3) is 0.400. The number of anilines is 1. The molecule has 2 aromatic heterocycles. The maximum atomic E-state index is 4.27. The summed E-state index contributed by atoms with van der Waals surface area (Å²) in [4.78, 5) is 2.50. The van der Waals surface area contributed by atoms with Crippen molar-refractivity contribution in [1.29, 1.82) is 0 Å². The zero-order valence-corrected chi connectivity index (χ0v) is 14.6. The molecule has 1 fully saturated rings. The summed E-state index contributed by atoms with van der Waals surface area (Å²) in [6.45, 7) is 4.17. The summed E-state index contributed by atoms with van der Waals surface area (Å²) >= 11 is 0. The van der Waals surface area contributed by atoms with Crippen LogP contribution in [0.4, 0.5) is 5.69 Å². The number of benzene rings is 1. The Hall–Kier alpha value is -2.40. The van der Waals surface area contributed by atoms with Crippen molar-refractivity contribution in [1.82, 2.24) is 19.9 Å². The zero-order chi connectivity index (χ0) is 16.9. The molecule has 1 saturated heterocycles. The predicted octanol–water partition coefficient (Wildman–Crippen LogP) is 3.05. The van der Waals surface area contributed by atoms with Gasteiger partial charge < -0.3 is 10.2 Å². The topological polar surface area (TPSA) is 45.5 Å². The van der Waals surface area contributed by atoms with Gasteiger partial charge in [-0.05, 0) is 49.1 Å². The first-order chi connectivity index (χ1) is 12.4. The lowest BCUT2D eigenvalue weighted by atomic mass is 10.1. The average molecular weight is 335 g/mol. The molecule has 5 heteroatoms. The van der Waals surface area contributed by atoms with Crippen molar-refractivity contribution in [3.05, 3.63) is 60.0 Å². The van der Waals surface area contributed by atoms with E-state index in [1.807, 2.05) is 24.4 Å². The highest BCUT2D eigenvalue weighted by Gasteiger charge is 2.10. The molecule has 0 unspecified atom stereocenters. The molecule has 1 aliphatic heterocycles. The van der Waals surface area contributed by atoms with E-state index in [1.165, 1.54) is 43.6 Å². The number of aromatic nitrogens is 3. The summed E-state index contributed by atoms with van der Waals surface area (Å²) in [7, 11) is 0. The standard InChI is InChI=1S/C20H25N5/c1-3-13-24(14-4-1)18-9-7-17(8-10-18)16-21-12-11-20-23-22-19-6-2-5-15-25(19)20/h2,5-10,15,21H,1,3-4,11-14,16H2. The van der Waals surface area contributed by atoms with Crippen LogP contribution in [0.25, 0.3) is 5.65 Å². The van der Waals surface area contributed by atoms with Crippen molar-refractivity contribution in [3.63, 3.8) is 0 Å². The minimum atomic E-state index is 0.872. The SMILES string of the molecule is c1ccn2c(CCNCc3ccc(N4CCCCC4)cc3)nnc2c1. The van der Waals surface area contributed by atoms with E-state index in [0.29, 0.717) is 0 Å². The summed E-state index contributed by atoms with van der Waals surface area (Å²) < 4.78 is 2.05. The lowest BCUT2D eigenvalue weighted by Gasteiger charge is -2.28. The van der Waals surface area contributed by atoms with Gasteiger partial charge in [0.15, 0.2) is 5.65 Å². The minimum Gasteiger partial charge on any atom is -0.372 e. The Labute approximate surface area is 148 Å². The number of rotatable bonds is 6. The molecule has 3 heterocycles. The van der Waals surface area contributed by atoms with Gasteiger partial charge in [-0.2, -0.15) is 0 Å². The van der Waals surface area contributed by atoms with E-state index in [1.54, 1.807) is 0 Å². The van der Waals surface area contributed by atoms with Gasteiger partial charge in [-0.25, -0.2) is 0 Å². The fourth-order valence-electron chi connectivity index (χ4n) is 3.47. The van der Waals surface area contributed by atoms with Crippen LogP contribution in [0.15, 0.2) is 48.7 Å². The van der Waals surface area contributed by atoms with Gasteiger partial charge in [0.1, 0.15) is 5.82 Å². The van der Waals surface area contributed by atoms with Gasteiger partial charge in [-0.15, -0.1) is 10.2 Å². The maximum absolute atomic E-state index is 4.27. The molecule has 1 aliphatic rings. The Kier molecular flexibility index (Phi) is 4.93. The number of pyridine rings is 1. The third-order valence-electron chi connectivity index (χ3n) is 4.90. The van der Waals surface area contributed by atoms with Crippen LogP contribution in [0.1, 0.15) is 30.7 Å². The molecule has 5 nitrogen and oxygen atoms in total. The lowest BCUT2D eigenvalue weighted by Crippen LogP contribution is -2.29. The van der Waals surface area contributed by atoms with E-state index < -0.39 is 0 Å². The predicted molar refractivity (Wildman–Crippen MR) is 101 cm³/mol. The second kappa shape index (κ2) is 7.66. The molecule has 0 aliphatic carbocycles. The number of hydrogen-bond acceptors (Lipinski definition) is 4. The molecule has 0 saturated carbocycles. The van der Waals surface area contributed by atoms with Crippen LogP contribution in [0.5, 0.6) is 0 Å². The van der Waals surface area contributed by atoms with E-state index in [2.05, 4.69) is 49.1 Å². The van der Waals surface area contributed by atoms with Gasteiger partial charge in [-0.3, -0.25) is 4.40 Å². The first-order valence-corrected chi connectivity index (χ1v) is 9.23. The summed E-state index contributed by atoms with van der Waals surface area (Å²) in [5, 5.41) is 12.0. The third-order valence-corrected chi connectivity index (χ3v) is 4.90. The van der Waals surface area contributed by atoms with Gasteiger partial charge in [0.25, 0.3) is 0 Å². The van der Waals surface area contributed by atoms with Crippen LogP contribution < -0.4 is 10.2 Å². The van der Waals surface area contributed by atoms with Crippen molar-refractivity contribution >= 4 is 11.3 Å². The largest absolute Gasteiger partial charge is 0.372 e. The second-order valence-corrected chi connectivity index (χ2v) is 6.69. The van der Waals surface area contributed by atoms with E-state index in [-0.39, 0.29) is 0 Å². The summed E-state index contributed by atoms with van der Waals surface area (Å²) in [6, 6.07) is 15.0. The molecular formula is C20H25N5. The third kappa shape index (κ3) is 3.82. The number of nitrogens with one attached hydrogen (secondary N) is 1. The first-order valence-electron chi connectivity index (χ1n) is 9.23. The Balaban J connectivity index is 1.27. The smallest absolute Gasteiger partial charge is 0.160 e. The van der Waals surface area contributed by atoms with Crippen molar-refractivity contribution in [3.8, 4) is 0 Å². The molecule has 0 radical (unpaired) electrons. The molecule has 0 bridgehead atoms. The van der Waals surface area contributed by atoms with E-state index in [9.17, 15) is 0 Å². The van der Waals surface area contributed by atoms with Crippen LogP contribution >= 0.6 is 0 Å². The molecular weight excluding hydrogens is 310 g/mol. The highest BCUT2D eigenvalue weighted by Crippen LogP contribution is 2.20. The highest BCUT2D eigenvalue weighted by atomic mass is 15.2. The van der Waals surface area contributed by atoms with Crippen LogP contribution in [0, 0.1) is 0 Å². The second-order valence-electron chi connectivity index (χ2n) is 6.69. The van der Waals surface area contributed by atoms with Crippen molar-refractivity contribution in [2.75, 3.05) is 24.5 Å². The van der Waals surface area contributed by atoms with Gasteiger partial charge in [0.05, 0.1) is 0 Å². The van der Waals surface area contributed by atoms with Crippen LogP contribution in [0.3, 0.4) is 0 Å². The van der Waals surface area contributed by atoms with Crippen LogP contribution in [-0.2, 0) is 13.0 Å². The average Bonchev–Trinajstić information content (AvgIpc) is 3.10. The van der Waals surface area contributed by atoms with E-state index in [0.717, 1.165) is 31.0 Å². The normalized spacial score (nSPS) is 15.0. The molecule has 3 aromatic rings. The van der Waals surface area contributed by atoms with Crippen LogP contribution in [0.2, 0.25) is 0 Å². The first kappa shape index (κ1) is 16.1. The Morgan fingerprint density at radius 2 is 1.76 bits per heavy atom. The molecule has 130 valence electrons. The minimum absolute atomic E-state index is 0.872. The number of nitrogens with zero attached hydrogens (tertiary/aromatic N) is 4. The van der Waals surface area contributed by atoms with Crippen molar-refractivity contribution in [2.45, 2.75) is 32.2 Å². The van der Waals surface area contributed by atoms with Gasteiger partial charge >= 0.3 is 0 Å². The molecule has 0 amide bonds. The highest BCUT2D eigenvalue weighted by molar-refractivity contribution is 5.47. The summed E-state index contributed by atoms with van der Waals surface area (Å²) in [6.07, 6.45) is 6.90. The molecule has 1 aromatic carbocycles. The Morgan fingerprint density at radius 1 is 0.920 bits per heavy atom. The van der Waals surface area contributed by atoms with Gasteiger partial charge in [-0.1, -0.05) is 18.2 Å². The zero-order valence-electron chi connectivity index (χ0n) is 14.6.